The zero-order valence-electron chi connectivity index (χ0n) is 13.1. The second-order valence-electron chi connectivity index (χ2n) is 5.56. The highest BCUT2D eigenvalue weighted by atomic mass is 79.9. The molecule has 0 saturated carbocycles. The number of esters is 1. The summed E-state index contributed by atoms with van der Waals surface area (Å²) in [7, 11) is 0. The van der Waals surface area contributed by atoms with Gasteiger partial charge in [0.1, 0.15) is 12.3 Å². The molecule has 1 saturated heterocycles. The van der Waals surface area contributed by atoms with Crippen molar-refractivity contribution in [3.8, 4) is 5.75 Å². The molecular weight excluding hydrogens is 398 g/mol. The Hall–Kier alpha value is -1.80. The predicted molar refractivity (Wildman–Crippen MR) is 94.3 cm³/mol. The molecule has 2 amide bonds. The summed E-state index contributed by atoms with van der Waals surface area (Å²) in [5.74, 6) is -0.889. The number of hydrogen-bond donors (Lipinski definition) is 1. The van der Waals surface area contributed by atoms with Crippen molar-refractivity contribution in [2.45, 2.75) is 13.8 Å². The number of benzene rings is 1. The van der Waals surface area contributed by atoms with Gasteiger partial charge in [0.15, 0.2) is 0 Å². The first kappa shape index (κ1) is 18.5. The van der Waals surface area contributed by atoms with Crippen LogP contribution in [0.15, 0.2) is 27.6 Å². The van der Waals surface area contributed by atoms with E-state index in [1.165, 1.54) is 12.1 Å². The van der Waals surface area contributed by atoms with Gasteiger partial charge in [-0.15, -0.1) is 0 Å². The average Bonchev–Trinajstić information content (AvgIpc) is 2.76. The molecule has 1 aromatic carbocycles. The summed E-state index contributed by atoms with van der Waals surface area (Å²) in [5.41, 5.74) is 0.646. The van der Waals surface area contributed by atoms with E-state index in [0.717, 1.165) is 16.7 Å². The summed E-state index contributed by atoms with van der Waals surface area (Å²) in [4.78, 5) is 37.0. The fourth-order valence-corrected chi connectivity index (χ4v) is 3.07. The highest BCUT2D eigenvalue weighted by Crippen LogP contribution is 2.33. The van der Waals surface area contributed by atoms with E-state index in [4.69, 9.17) is 4.74 Å². The number of amides is 2. The summed E-state index contributed by atoms with van der Waals surface area (Å²) < 4.78 is 5.48. The molecular formula is C16H16BrNO5S. The Morgan fingerprint density at radius 2 is 2.12 bits per heavy atom. The van der Waals surface area contributed by atoms with E-state index >= 15 is 0 Å². The van der Waals surface area contributed by atoms with Crippen LogP contribution in [-0.2, 0) is 14.3 Å². The second kappa shape index (κ2) is 7.85. The molecule has 0 unspecified atom stereocenters. The van der Waals surface area contributed by atoms with Crippen LogP contribution in [0, 0.1) is 5.92 Å². The predicted octanol–water partition coefficient (Wildman–Crippen LogP) is 3.39. The van der Waals surface area contributed by atoms with Crippen molar-refractivity contribution in [1.82, 2.24) is 4.90 Å². The summed E-state index contributed by atoms with van der Waals surface area (Å²) in [6.45, 7) is 3.64. The molecule has 1 aliphatic heterocycles. The number of carbonyl (C=O) groups excluding carboxylic acids is 3. The molecule has 2 rings (SSSR count). The molecule has 0 bridgehead atoms. The minimum Gasteiger partial charge on any atom is -0.507 e. The van der Waals surface area contributed by atoms with Crippen LogP contribution in [0.1, 0.15) is 19.4 Å². The van der Waals surface area contributed by atoms with Crippen molar-refractivity contribution in [3.05, 3.63) is 33.1 Å². The standard InChI is InChI=1S/C16H16BrNO5S/c1-9(2)8-23-14(20)7-18-15(21)13(24-16(18)22)6-10-3-4-12(19)11(17)5-10/h3-6,9,19H,7-8H2,1-2H3/b13-6+. The lowest BCUT2D eigenvalue weighted by Crippen LogP contribution is -2.34. The van der Waals surface area contributed by atoms with E-state index in [9.17, 15) is 19.5 Å². The van der Waals surface area contributed by atoms with E-state index in [2.05, 4.69) is 15.9 Å². The van der Waals surface area contributed by atoms with Crippen molar-refractivity contribution in [1.29, 1.82) is 0 Å². The summed E-state index contributed by atoms with van der Waals surface area (Å²) in [5, 5.41) is 8.97. The summed E-state index contributed by atoms with van der Waals surface area (Å²) in [6, 6.07) is 4.72. The van der Waals surface area contributed by atoms with Crippen molar-refractivity contribution in [2.75, 3.05) is 13.2 Å². The molecule has 0 radical (unpaired) electrons. The van der Waals surface area contributed by atoms with Gasteiger partial charge in [-0.3, -0.25) is 19.3 Å². The summed E-state index contributed by atoms with van der Waals surface area (Å²) in [6.07, 6.45) is 1.54. The molecule has 1 fully saturated rings. The maximum Gasteiger partial charge on any atom is 0.326 e. The first-order valence-electron chi connectivity index (χ1n) is 7.17. The van der Waals surface area contributed by atoms with Crippen LogP contribution >= 0.6 is 27.7 Å². The molecule has 6 nitrogen and oxygen atoms in total. The lowest BCUT2D eigenvalue weighted by atomic mass is 10.2. The SMILES string of the molecule is CC(C)COC(=O)CN1C(=O)S/C(=C/c2ccc(O)c(Br)c2)C1=O. The molecule has 0 spiro atoms. The van der Waals surface area contributed by atoms with Crippen LogP contribution < -0.4 is 0 Å². The second-order valence-corrected chi connectivity index (χ2v) is 7.40. The lowest BCUT2D eigenvalue weighted by Gasteiger charge is -2.12. The third kappa shape index (κ3) is 4.61. The van der Waals surface area contributed by atoms with E-state index in [1.54, 1.807) is 12.1 Å². The number of hydrogen-bond acceptors (Lipinski definition) is 6. The number of carbonyl (C=O) groups is 3. The molecule has 1 N–H and O–H groups in total. The fraction of sp³-hybridized carbons (Fsp3) is 0.312. The number of halogens is 1. The van der Waals surface area contributed by atoms with Crippen LogP contribution in [0.4, 0.5) is 4.79 Å². The van der Waals surface area contributed by atoms with Gasteiger partial charge >= 0.3 is 5.97 Å². The van der Waals surface area contributed by atoms with Crippen molar-refractivity contribution in [2.24, 2.45) is 5.92 Å². The van der Waals surface area contributed by atoms with Gasteiger partial charge in [-0.25, -0.2) is 0 Å². The van der Waals surface area contributed by atoms with Crippen molar-refractivity contribution in [3.63, 3.8) is 0 Å². The van der Waals surface area contributed by atoms with Gasteiger partial charge in [-0.1, -0.05) is 19.9 Å². The summed E-state index contributed by atoms with van der Waals surface area (Å²) >= 11 is 3.95. The topological polar surface area (TPSA) is 83.9 Å². The third-order valence-corrected chi connectivity index (χ3v) is 4.55. The normalized spacial score (nSPS) is 16.3. The third-order valence-electron chi connectivity index (χ3n) is 3.01. The quantitative estimate of drug-likeness (QED) is 0.588. The average molecular weight is 414 g/mol. The zero-order valence-corrected chi connectivity index (χ0v) is 15.5. The van der Waals surface area contributed by atoms with Gasteiger partial charge in [0, 0.05) is 0 Å². The van der Waals surface area contributed by atoms with Crippen LogP contribution in [0.3, 0.4) is 0 Å². The number of thioether (sulfide) groups is 1. The fourth-order valence-electron chi connectivity index (χ4n) is 1.83. The minimum absolute atomic E-state index is 0.0770. The van der Waals surface area contributed by atoms with Crippen molar-refractivity contribution < 1.29 is 24.2 Å². The first-order chi connectivity index (χ1) is 11.3. The van der Waals surface area contributed by atoms with E-state index in [1.807, 2.05) is 13.8 Å². The van der Waals surface area contributed by atoms with Crippen LogP contribution in [-0.4, -0.2) is 40.3 Å². The Morgan fingerprint density at radius 3 is 2.75 bits per heavy atom. The number of rotatable bonds is 5. The van der Waals surface area contributed by atoms with Gasteiger partial charge in [0.05, 0.1) is 16.0 Å². The Bertz CT molecular complexity index is 716. The highest BCUT2D eigenvalue weighted by molar-refractivity contribution is 9.10. The van der Waals surface area contributed by atoms with Gasteiger partial charge in [-0.05, 0) is 57.4 Å². The van der Waals surface area contributed by atoms with E-state index in [0.29, 0.717) is 10.0 Å². The highest BCUT2D eigenvalue weighted by Gasteiger charge is 2.36. The van der Waals surface area contributed by atoms with E-state index in [-0.39, 0.29) is 23.2 Å². The van der Waals surface area contributed by atoms with Crippen LogP contribution in [0.2, 0.25) is 0 Å². The molecule has 1 aromatic rings. The Labute approximate surface area is 152 Å². The zero-order chi connectivity index (χ0) is 17.9. The number of ether oxygens (including phenoxy) is 1. The molecule has 0 atom stereocenters. The lowest BCUT2D eigenvalue weighted by molar-refractivity contribution is -0.147. The number of nitrogens with zero attached hydrogens (tertiary/aromatic N) is 1. The maximum absolute atomic E-state index is 12.3. The molecule has 1 heterocycles. The molecule has 8 heteroatoms. The Morgan fingerprint density at radius 1 is 1.42 bits per heavy atom. The number of phenolic OH excluding ortho intramolecular Hbond substituents is 1. The van der Waals surface area contributed by atoms with E-state index < -0.39 is 23.7 Å². The number of imide groups is 1. The van der Waals surface area contributed by atoms with Crippen LogP contribution in [0.5, 0.6) is 5.75 Å². The molecule has 1 aliphatic rings. The monoisotopic (exact) mass is 413 g/mol. The molecule has 0 aliphatic carbocycles. The van der Waals surface area contributed by atoms with Crippen molar-refractivity contribution >= 4 is 50.9 Å². The number of aromatic hydroxyl groups is 1. The van der Waals surface area contributed by atoms with Gasteiger partial charge in [0.2, 0.25) is 0 Å². The largest absolute Gasteiger partial charge is 0.507 e. The number of phenols is 1. The van der Waals surface area contributed by atoms with Gasteiger partial charge < -0.3 is 9.84 Å². The Balaban J connectivity index is 2.09. The first-order valence-corrected chi connectivity index (χ1v) is 8.78. The molecule has 128 valence electrons. The van der Waals surface area contributed by atoms with Crippen LogP contribution in [0.25, 0.3) is 6.08 Å². The van der Waals surface area contributed by atoms with Gasteiger partial charge in [0.25, 0.3) is 11.1 Å². The smallest absolute Gasteiger partial charge is 0.326 e. The molecule has 24 heavy (non-hydrogen) atoms. The van der Waals surface area contributed by atoms with Gasteiger partial charge in [-0.2, -0.15) is 0 Å². The minimum atomic E-state index is -0.611. The Kier molecular flexibility index (Phi) is 6.06. The maximum atomic E-state index is 12.3. The molecule has 0 aromatic heterocycles.